The van der Waals surface area contributed by atoms with Crippen LogP contribution in [0.3, 0.4) is 0 Å². The molecule has 15 heavy (non-hydrogen) atoms. The molecule has 0 aliphatic carbocycles. The fourth-order valence-electron chi connectivity index (χ4n) is 1.99. The highest BCUT2D eigenvalue weighted by Crippen LogP contribution is 2.23. The van der Waals surface area contributed by atoms with Crippen LogP contribution in [-0.4, -0.2) is 25.7 Å². The second-order valence-electron chi connectivity index (χ2n) is 4.23. The summed E-state index contributed by atoms with van der Waals surface area (Å²) in [7, 11) is 0. The van der Waals surface area contributed by atoms with Gasteiger partial charge in [-0.3, -0.25) is 0 Å². The molecule has 0 radical (unpaired) electrons. The molecule has 1 aliphatic rings. The van der Waals surface area contributed by atoms with E-state index in [-0.39, 0.29) is 0 Å². The highest BCUT2D eigenvalue weighted by molar-refractivity contribution is 6.31. The van der Waals surface area contributed by atoms with Crippen molar-refractivity contribution in [1.82, 2.24) is 5.32 Å². The fourth-order valence-corrected chi connectivity index (χ4v) is 2.11. The van der Waals surface area contributed by atoms with E-state index in [1.807, 2.05) is 6.07 Å². The molecule has 0 bridgehead atoms. The van der Waals surface area contributed by atoms with Gasteiger partial charge in [0.1, 0.15) is 0 Å². The zero-order chi connectivity index (χ0) is 10.8. The third-order valence-corrected chi connectivity index (χ3v) is 3.30. The largest absolute Gasteiger partial charge is 0.369 e. The van der Waals surface area contributed by atoms with Crippen LogP contribution in [-0.2, 0) is 0 Å². The van der Waals surface area contributed by atoms with Crippen molar-refractivity contribution in [2.45, 2.75) is 19.9 Å². The number of nitrogens with zero attached hydrogens (tertiary/aromatic N) is 1. The van der Waals surface area contributed by atoms with E-state index in [2.05, 4.69) is 36.2 Å². The number of anilines is 1. The molecule has 1 atom stereocenters. The first-order valence-corrected chi connectivity index (χ1v) is 5.79. The third-order valence-electron chi connectivity index (χ3n) is 2.88. The molecule has 1 aliphatic heterocycles. The molecule has 2 rings (SSSR count). The first-order valence-electron chi connectivity index (χ1n) is 5.41. The molecule has 3 heteroatoms. The van der Waals surface area contributed by atoms with Crippen molar-refractivity contribution < 1.29 is 0 Å². The molecule has 0 unspecified atom stereocenters. The summed E-state index contributed by atoms with van der Waals surface area (Å²) in [5.74, 6) is 0. The monoisotopic (exact) mass is 224 g/mol. The first kappa shape index (κ1) is 10.8. The minimum absolute atomic E-state index is 0.565. The van der Waals surface area contributed by atoms with Gasteiger partial charge in [-0.2, -0.15) is 0 Å². The molecular formula is C12H17ClN2. The number of aryl methyl sites for hydroxylation is 1. The van der Waals surface area contributed by atoms with Gasteiger partial charge in [-0.25, -0.2) is 0 Å². The van der Waals surface area contributed by atoms with Crippen LogP contribution >= 0.6 is 11.6 Å². The minimum atomic E-state index is 0.565. The van der Waals surface area contributed by atoms with Crippen LogP contribution in [0.5, 0.6) is 0 Å². The van der Waals surface area contributed by atoms with Gasteiger partial charge < -0.3 is 10.2 Å². The maximum atomic E-state index is 6.02. The molecule has 0 saturated carbocycles. The van der Waals surface area contributed by atoms with Gasteiger partial charge in [-0.05, 0) is 37.6 Å². The van der Waals surface area contributed by atoms with E-state index >= 15 is 0 Å². The molecule has 0 spiro atoms. The van der Waals surface area contributed by atoms with Crippen molar-refractivity contribution in [3.63, 3.8) is 0 Å². The molecule has 82 valence electrons. The average molecular weight is 225 g/mol. The second-order valence-corrected chi connectivity index (χ2v) is 4.64. The molecule has 1 heterocycles. The number of nitrogens with one attached hydrogen (secondary N) is 1. The van der Waals surface area contributed by atoms with Crippen LogP contribution in [0.4, 0.5) is 5.69 Å². The van der Waals surface area contributed by atoms with E-state index in [1.165, 1.54) is 5.69 Å². The summed E-state index contributed by atoms with van der Waals surface area (Å²) in [6, 6.07) is 6.82. The third kappa shape index (κ3) is 2.44. The normalized spacial score (nSPS) is 21.8. The lowest BCUT2D eigenvalue weighted by atomic mass is 10.1. The smallest absolute Gasteiger partial charge is 0.0436 e. The Morgan fingerprint density at radius 1 is 1.47 bits per heavy atom. The molecule has 2 nitrogen and oxygen atoms in total. The summed E-state index contributed by atoms with van der Waals surface area (Å²) in [6.45, 7) is 7.47. The Balaban J connectivity index is 2.18. The Morgan fingerprint density at radius 3 is 2.93 bits per heavy atom. The van der Waals surface area contributed by atoms with Crippen LogP contribution in [0.15, 0.2) is 18.2 Å². The highest BCUT2D eigenvalue weighted by atomic mass is 35.5. The average Bonchev–Trinajstić information content (AvgIpc) is 2.22. The lowest BCUT2D eigenvalue weighted by Gasteiger charge is -2.33. The summed E-state index contributed by atoms with van der Waals surface area (Å²) in [6.07, 6.45) is 0. The van der Waals surface area contributed by atoms with Gasteiger partial charge in [0, 0.05) is 36.4 Å². The number of piperazine rings is 1. The van der Waals surface area contributed by atoms with Crippen molar-refractivity contribution in [3.05, 3.63) is 28.8 Å². The van der Waals surface area contributed by atoms with Gasteiger partial charge >= 0.3 is 0 Å². The van der Waals surface area contributed by atoms with Gasteiger partial charge in [0.2, 0.25) is 0 Å². The maximum Gasteiger partial charge on any atom is 0.0436 e. The summed E-state index contributed by atoms with van der Waals surface area (Å²) in [4.78, 5) is 2.41. The van der Waals surface area contributed by atoms with Gasteiger partial charge in [0.25, 0.3) is 0 Å². The van der Waals surface area contributed by atoms with E-state index < -0.39 is 0 Å². The zero-order valence-corrected chi connectivity index (χ0v) is 10.0. The van der Waals surface area contributed by atoms with Gasteiger partial charge in [0.05, 0.1) is 0 Å². The number of halogens is 1. The lowest BCUT2D eigenvalue weighted by Crippen LogP contribution is -2.49. The standard InChI is InChI=1S/C12H17ClN2/c1-9-7-11(3-4-12(9)13)15-6-5-14-10(2)8-15/h3-4,7,10,14H,5-6,8H2,1-2H3/t10-/m1/s1. The van der Waals surface area contributed by atoms with E-state index in [4.69, 9.17) is 11.6 Å². The molecule has 0 aromatic heterocycles. The lowest BCUT2D eigenvalue weighted by molar-refractivity contribution is 0.485. The van der Waals surface area contributed by atoms with Crippen LogP contribution in [0.25, 0.3) is 0 Å². The zero-order valence-electron chi connectivity index (χ0n) is 9.26. The SMILES string of the molecule is Cc1cc(N2CCN[C@H](C)C2)ccc1Cl. The van der Waals surface area contributed by atoms with Crippen molar-refractivity contribution in [1.29, 1.82) is 0 Å². The van der Waals surface area contributed by atoms with E-state index in [1.54, 1.807) is 0 Å². The molecule has 1 fully saturated rings. The van der Waals surface area contributed by atoms with E-state index in [9.17, 15) is 0 Å². The predicted octanol–water partition coefficient (Wildman–Crippen LogP) is 2.45. The first-order chi connectivity index (χ1) is 7.16. The quantitative estimate of drug-likeness (QED) is 0.789. The summed E-state index contributed by atoms with van der Waals surface area (Å²) < 4.78 is 0. The number of benzene rings is 1. The highest BCUT2D eigenvalue weighted by Gasteiger charge is 2.15. The molecule has 1 aromatic rings. The number of hydrogen-bond acceptors (Lipinski definition) is 2. The van der Waals surface area contributed by atoms with Crippen molar-refractivity contribution in [2.75, 3.05) is 24.5 Å². The van der Waals surface area contributed by atoms with Gasteiger partial charge in [-0.15, -0.1) is 0 Å². The van der Waals surface area contributed by atoms with Crippen LogP contribution < -0.4 is 10.2 Å². The fraction of sp³-hybridized carbons (Fsp3) is 0.500. The topological polar surface area (TPSA) is 15.3 Å². The van der Waals surface area contributed by atoms with E-state index in [0.29, 0.717) is 6.04 Å². The molecule has 1 N–H and O–H groups in total. The number of rotatable bonds is 1. The molecular weight excluding hydrogens is 208 g/mol. The van der Waals surface area contributed by atoms with Crippen LogP contribution in [0.1, 0.15) is 12.5 Å². The minimum Gasteiger partial charge on any atom is -0.369 e. The van der Waals surface area contributed by atoms with Crippen molar-refractivity contribution >= 4 is 17.3 Å². The molecule has 1 saturated heterocycles. The Bertz CT molecular complexity index is 351. The Labute approximate surface area is 96.2 Å². The molecule has 0 amide bonds. The summed E-state index contributed by atoms with van der Waals surface area (Å²) >= 11 is 6.02. The van der Waals surface area contributed by atoms with Gasteiger partial charge in [-0.1, -0.05) is 11.6 Å². The van der Waals surface area contributed by atoms with Gasteiger partial charge in [0.15, 0.2) is 0 Å². The number of hydrogen-bond donors (Lipinski definition) is 1. The van der Waals surface area contributed by atoms with Crippen molar-refractivity contribution in [2.24, 2.45) is 0 Å². The predicted molar refractivity (Wildman–Crippen MR) is 65.9 cm³/mol. The van der Waals surface area contributed by atoms with Crippen molar-refractivity contribution in [3.8, 4) is 0 Å². The maximum absolute atomic E-state index is 6.02. The van der Waals surface area contributed by atoms with Crippen LogP contribution in [0.2, 0.25) is 5.02 Å². The Kier molecular flexibility index (Phi) is 3.17. The molecule has 1 aromatic carbocycles. The van der Waals surface area contributed by atoms with E-state index in [0.717, 1.165) is 30.2 Å². The summed E-state index contributed by atoms with van der Waals surface area (Å²) in [5, 5.41) is 4.29. The van der Waals surface area contributed by atoms with Crippen LogP contribution in [0, 0.1) is 6.92 Å². The Morgan fingerprint density at radius 2 is 2.27 bits per heavy atom. The Hall–Kier alpha value is -0.730. The second kappa shape index (κ2) is 4.42. The summed E-state index contributed by atoms with van der Waals surface area (Å²) in [5.41, 5.74) is 2.44.